The molecule has 5 rings (SSSR count). The van der Waals surface area contributed by atoms with Crippen molar-refractivity contribution in [2.75, 3.05) is 37.7 Å². The van der Waals surface area contributed by atoms with E-state index >= 15 is 0 Å². The van der Waals surface area contributed by atoms with Crippen molar-refractivity contribution in [1.29, 1.82) is 0 Å². The molecule has 1 N–H and O–H groups in total. The number of ether oxygens (including phenoxy) is 1. The highest BCUT2D eigenvalue weighted by atomic mass is 19.1. The number of hydrogen-bond donors (Lipinski definition) is 1. The maximum Gasteiger partial charge on any atom is 0.305 e. The van der Waals surface area contributed by atoms with Gasteiger partial charge >= 0.3 is 5.97 Å². The lowest BCUT2D eigenvalue weighted by molar-refractivity contribution is -0.143. The van der Waals surface area contributed by atoms with Crippen LogP contribution >= 0.6 is 0 Å². The number of nitrogens with zero attached hydrogens (tertiary/aromatic N) is 7. The second-order valence-corrected chi connectivity index (χ2v) is 9.29. The Hall–Kier alpha value is -5.01. The molecule has 0 aliphatic carbocycles. The Morgan fingerprint density at radius 2 is 1.83 bits per heavy atom. The number of rotatable bonds is 10. The van der Waals surface area contributed by atoms with E-state index < -0.39 is 17.5 Å². The van der Waals surface area contributed by atoms with Crippen LogP contribution < -0.4 is 4.90 Å². The summed E-state index contributed by atoms with van der Waals surface area (Å²) in [5, 5.41) is 7.53. The highest BCUT2D eigenvalue weighted by molar-refractivity contribution is 6.45. The third-order valence-electron chi connectivity index (χ3n) is 6.76. The van der Waals surface area contributed by atoms with Crippen LogP contribution in [0.4, 0.5) is 10.2 Å². The van der Waals surface area contributed by atoms with Gasteiger partial charge in [0.25, 0.3) is 11.7 Å². The molecule has 0 unspecified atom stereocenters. The van der Waals surface area contributed by atoms with Gasteiger partial charge in [-0.05, 0) is 25.5 Å². The van der Waals surface area contributed by atoms with Crippen molar-refractivity contribution in [2.45, 2.75) is 26.2 Å². The van der Waals surface area contributed by atoms with Crippen LogP contribution in [-0.2, 0) is 14.3 Å². The van der Waals surface area contributed by atoms with Crippen molar-refractivity contribution in [3.05, 3.63) is 60.1 Å². The van der Waals surface area contributed by atoms with Gasteiger partial charge in [-0.1, -0.05) is 5.21 Å². The summed E-state index contributed by atoms with van der Waals surface area (Å²) in [7, 11) is 0. The average molecular weight is 563 g/mol. The van der Waals surface area contributed by atoms with Gasteiger partial charge in [-0.15, -0.1) is 5.10 Å². The fraction of sp³-hybridized carbons (Fsp3) is 0.333. The van der Waals surface area contributed by atoms with Gasteiger partial charge in [0.15, 0.2) is 17.4 Å². The fourth-order valence-corrected chi connectivity index (χ4v) is 4.78. The summed E-state index contributed by atoms with van der Waals surface area (Å²) < 4.78 is 21.0. The Morgan fingerprint density at radius 3 is 2.56 bits per heavy atom. The first kappa shape index (κ1) is 27.6. The van der Waals surface area contributed by atoms with Gasteiger partial charge in [-0.3, -0.25) is 19.2 Å². The molecule has 1 aliphatic heterocycles. The van der Waals surface area contributed by atoms with Crippen molar-refractivity contribution in [3.8, 4) is 5.82 Å². The standard InChI is InChI=1S/C27H27FN8O5/c1-2-41-21(38)7-3-6-20(37)17-5-4-8-29-25(17)34-11-13-35(14-12-34)27(40)24(39)18-15-30-23-22(18)19(28)16-31-26(23)36-10-9-32-33-36/h4-5,8-10,15-16,30H,2-3,6-7,11-14H2,1H3. The Bertz CT molecular complexity index is 1590. The van der Waals surface area contributed by atoms with Crippen LogP contribution in [0.1, 0.15) is 46.9 Å². The number of aromatic amines is 1. The molecule has 4 aromatic rings. The minimum absolute atomic E-state index is 0.0536. The van der Waals surface area contributed by atoms with E-state index in [4.69, 9.17) is 4.74 Å². The van der Waals surface area contributed by atoms with Gasteiger partial charge in [0.2, 0.25) is 0 Å². The molecule has 1 amide bonds. The minimum Gasteiger partial charge on any atom is -0.466 e. The van der Waals surface area contributed by atoms with Crippen LogP contribution in [0.2, 0.25) is 0 Å². The number of carbonyl (C=O) groups excluding carboxylic acids is 4. The second kappa shape index (κ2) is 12.0. The summed E-state index contributed by atoms with van der Waals surface area (Å²) in [5.74, 6) is -2.13. The monoisotopic (exact) mass is 562 g/mol. The van der Waals surface area contributed by atoms with E-state index in [1.54, 1.807) is 25.3 Å². The molecule has 5 heterocycles. The molecule has 0 radical (unpaired) electrons. The van der Waals surface area contributed by atoms with E-state index in [2.05, 4.69) is 25.3 Å². The highest BCUT2D eigenvalue weighted by Gasteiger charge is 2.31. The summed E-state index contributed by atoms with van der Waals surface area (Å²) in [4.78, 5) is 65.4. The molecule has 41 heavy (non-hydrogen) atoms. The van der Waals surface area contributed by atoms with Crippen LogP contribution in [0.25, 0.3) is 16.7 Å². The number of carbonyl (C=O) groups is 4. The molecule has 212 valence electrons. The molecule has 0 spiro atoms. The lowest BCUT2D eigenvalue weighted by Gasteiger charge is -2.35. The van der Waals surface area contributed by atoms with Gasteiger partial charge in [0, 0.05) is 51.4 Å². The lowest BCUT2D eigenvalue weighted by Crippen LogP contribution is -2.51. The number of esters is 1. The quantitative estimate of drug-likeness (QED) is 0.173. The van der Waals surface area contributed by atoms with Crippen molar-refractivity contribution in [2.24, 2.45) is 0 Å². The molecule has 0 bridgehead atoms. The van der Waals surface area contributed by atoms with E-state index in [0.29, 0.717) is 37.5 Å². The fourth-order valence-electron chi connectivity index (χ4n) is 4.78. The summed E-state index contributed by atoms with van der Waals surface area (Å²) in [5.41, 5.74) is 0.540. The van der Waals surface area contributed by atoms with E-state index in [-0.39, 0.29) is 60.0 Å². The molecule has 0 atom stereocenters. The molecule has 1 fully saturated rings. The first-order chi connectivity index (χ1) is 19.9. The maximum absolute atomic E-state index is 14.8. The first-order valence-corrected chi connectivity index (χ1v) is 13.1. The number of halogens is 1. The van der Waals surface area contributed by atoms with Crippen molar-refractivity contribution in [3.63, 3.8) is 0 Å². The van der Waals surface area contributed by atoms with Crippen molar-refractivity contribution >= 4 is 40.2 Å². The van der Waals surface area contributed by atoms with Crippen LogP contribution in [0.5, 0.6) is 0 Å². The highest BCUT2D eigenvalue weighted by Crippen LogP contribution is 2.27. The average Bonchev–Trinajstić information content (AvgIpc) is 3.68. The summed E-state index contributed by atoms with van der Waals surface area (Å²) in [6.07, 6.45) is 7.49. The summed E-state index contributed by atoms with van der Waals surface area (Å²) in [6, 6.07) is 3.36. The smallest absolute Gasteiger partial charge is 0.305 e. The van der Waals surface area contributed by atoms with Gasteiger partial charge in [0.05, 0.1) is 47.2 Å². The Morgan fingerprint density at radius 1 is 1.02 bits per heavy atom. The number of hydrogen-bond acceptors (Lipinski definition) is 10. The Labute approximate surface area is 233 Å². The molecule has 13 nitrogen and oxygen atoms in total. The van der Waals surface area contributed by atoms with Crippen molar-refractivity contribution in [1.82, 2.24) is 34.8 Å². The van der Waals surface area contributed by atoms with Gasteiger partial charge in [-0.25, -0.2) is 19.0 Å². The van der Waals surface area contributed by atoms with E-state index in [9.17, 15) is 23.6 Å². The molecule has 1 saturated heterocycles. The molecule has 4 aromatic heterocycles. The minimum atomic E-state index is -0.852. The van der Waals surface area contributed by atoms with Crippen LogP contribution in [-0.4, -0.2) is 91.1 Å². The zero-order chi connectivity index (χ0) is 28.9. The molecular formula is C27H27FN8O5. The Kier molecular flexibility index (Phi) is 8.08. The normalized spacial score (nSPS) is 13.4. The third-order valence-corrected chi connectivity index (χ3v) is 6.76. The zero-order valence-electron chi connectivity index (χ0n) is 22.2. The van der Waals surface area contributed by atoms with E-state index in [0.717, 1.165) is 6.20 Å². The number of amides is 1. The molecule has 0 aromatic carbocycles. The largest absolute Gasteiger partial charge is 0.466 e. The number of aromatic nitrogens is 6. The third kappa shape index (κ3) is 5.66. The van der Waals surface area contributed by atoms with Gasteiger partial charge in [-0.2, -0.15) is 0 Å². The molecule has 0 saturated carbocycles. The second-order valence-electron chi connectivity index (χ2n) is 9.29. The lowest BCUT2D eigenvalue weighted by atomic mass is 10.1. The maximum atomic E-state index is 14.8. The Balaban J connectivity index is 1.25. The number of H-pyrrole nitrogens is 1. The SMILES string of the molecule is CCOC(=O)CCCC(=O)c1cccnc1N1CCN(C(=O)C(=O)c2c[nH]c3c(-n4ccnn4)ncc(F)c23)CC1. The van der Waals surface area contributed by atoms with Crippen LogP contribution in [0, 0.1) is 5.82 Å². The van der Waals surface area contributed by atoms with Crippen LogP contribution in [0.3, 0.4) is 0 Å². The first-order valence-electron chi connectivity index (χ1n) is 13.1. The van der Waals surface area contributed by atoms with Crippen LogP contribution in [0.15, 0.2) is 43.1 Å². The predicted molar refractivity (Wildman–Crippen MR) is 143 cm³/mol. The van der Waals surface area contributed by atoms with E-state index in [1.807, 2.05) is 4.90 Å². The number of pyridine rings is 2. The van der Waals surface area contributed by atoms with Gasteiger partial charge < -0.3 is 19.5 Å². The molecular weight excluding hydrogens is 535 g/mol. The summed E-state index contributed by atoms with van der Waals surface area (Å²) >= 11 is 0. The number of ketones is 2. The number of nitrogens with one attached hydrogen (secondary N) is 1. The number of piperazine rings is 1. The number of fused-ring (bicyclic) bond motifs is 1. The molecule has 14 heteroatoms. The zero-order valence-corrected chi connectivity index (χ0v) is 22.2. The summed E-state index contributed by atoms with van der Waals surface area (Å²) in [6.45, 7) is 3.09. The number of anilines is 1. The molecule has 1 aliphatic rings. The van der Waals surface area contributed by atoms with E-state index in [1.165, 1.54) is 28.2 Å². The number of Topliss-reactive ketones (excluding diaryl/α,β-unsaturated/α-hetero) is 2. The predicted octanol–water partition coefficient (Wildman–Crippen LogP) is 2.13. The van der Waals surface area contributed by atoms with Gasteiger partial charge in [0.1, 0.15) is 5.82 Å². The van der Waals surface area contributed by atoms with Crippen molar-refractivity contribution < 1.29 is 28.3 Å². The topological polar surface area (TPSA) is 156 Å².